The first-order valence-corrected chi connectivity index (χ1v) is 6.55. The first kappa shape index (κ1) is 13.6. The summed E-state index contributed by atoms with van der Waals surface area (Å²) in [6, 6.07) is 5.22. The van der Waals surface area contributed by atoms with Crippen molar-refractivity contribution < 1.29 is 18.3 Å². The van der Waals surface area contributed by atoms with Gasteiger partial charge in [-0.3, -0.25) is 0 Å². The van der Waals surface area contributed by atoms with E-state index in [1.165, 1.54) is 12.1 Å². The van der Waals surface area contributed by atoms with Gasteiger partial charge in [0.05, 0.1) is 23.1 Å². The van der Waals surface area contributed by atoms with Crippen LogP contribution in [0.4, 0.5) is 0 Å². The van der Waals surface area contributed by atoms with Gasteiger partial charge in [0.1, 0.15) is 0 Å². The van der Waals surface area contributed by atoms with Crippen LogP contribution in [0.3, 0.4) is 0 Å². The number of carboxylic acids is 1. The molecule has 2 N–H and O–H groups in total. The van der Waals surface area contributed by atoms with Crippen molar-refractivity contribution in [2.75, 3.05) is 6.54 Å². The molecule has 0 saturated heterocycles. The van der Waals surface area contributed by atoms with Crippen LogP contribution in [0.25, 0.3) is 0 Å². The van der Waals surface area contributed by atoms with Gasteiger partial charge in [-0.25, -0.2) is 13.2 Å². The number of nitrogens with zero attached hydrogens (tertiary/aromatic N) is 1. The van der Waals surface area contributed by atoms with Crippen LogP contribution in [-0.4, -0.2) is 26.0 Å². The van der Waals surface area contributed by atoms with Crippen molar-refractivity contribution >= 4 is 31.9 Å². The third-order valence-corrected chi connectivity index (χ3v) is 3.91. The molecule has 0 radical (unpaired) electrons. The molecule has 0 fully saturated rings. The number of aromatic carboxylic acids is 1. The van der Waals surface area contributed by atoms with Crippen LogP contribution in [0.15, 0.2) is 27.6 Å². The Morgan fingerprint density at radius 1 is 1.53 bits per heavy atom. The van der Waals surface area contributed by atoms with E-state index in [1.54, 1.807) is 6.07 Å². The highest BCUT2D eigenvalue weighted by molar-refractivity contribution is 9.10. The van der Waals surface area contributed by atoms with E-state index in [-0.39, 0.29) is 21.5 Å². The molecule has 0 unspecified atom stereocenters. The summed E-state index contributed by atoms with van der Waals surface area (Å²) in [4.78, 5) is 10.6. The normalized spacial score (nSPS) is 10.8. The van der Waals surface area contributed by atoms with Gasteiger partial charge in [0, 0.05) is 4.47 Å². The second-order valence-electron chi connectivity index (χ2n) is 2.93. The number of halogens is 1. The van der Waals surface area contributed by atoms with Gasteiger partial charge >= 0.3 is 5.97 Å². The van der Waals surface area contributed by atoms with Gasteiger partial charge in [-0.1, -0.05) is 0 Å². The predicted molar refractivity (Wildman–Crippen MR) is 61.9 cm³/mol. The Bertz CT molecular complexity index is 592. The quantitative estimate of drug-likeness (QED) is 0.804. The maximum absolute atomic E-state index is 11.6. The molecule has 1 aromatic rings. The van der Waals surface area contributed by atoms with Gasteiger partial charge in [0.25, 0.3) is 0 Å². The van der Waals surface area contributed by atoms with E-state index in [4.69, 9.17) is 10.4 Å². The zero-order chi connectivity index (χ0) is 13.1. The third kappa shape index (κ3) is 3.26. The number of hydrogen-bond donors (Lipinski definition) is 2. The van der Waals surface area contributed by atoms with Gasteiger partial charge in [0.15, 0.2) is 0 Å². The van der Waals surface area contributed by atoms with Gasteiger partial charge in [0.2, 0.25) is 10.0 Å². The maximum atomic E-state index is 11.6. The van der Waals surface area contributed by atoms with Crippen LogP contribution in [0.2, 0.25) is 0 Å². The average molecular weight is 319 g/mol. The monoisotopic (exact) mass is 318 g/mol. The molecule has 0 aliphatic carbocycles. The van der Waals surface area contributed by atoms with Crippen molar-refractivity contribution in [3.05, 3.63) is 28.2 Å². The van der Waals surface area contributed by atoms with E-state index in [9.17, 15) is 13.2 Å². The number of carbonyl (C=O) groups is 1. The Morgan fingerprint density at radius 3 is 2.71 bits per heavy atom. The second kappa shape index (κ2) is 5.27. The van der Waals surface area contributed by atoms with Crippen molar-refractivity contribution in [3.63, 3.8) is 0 Å². The zero-order valence-electron chi connectivity index (χ0n) is 8.34. The SMILES string of the molecule is N#CCNS(=O)(=O)c1ccc(Br)c(C(=O)O)c1. The number of carboxylic acid groups (broad SMARTS) is 1. The molecule has 6 nitrogen and oxygen atoms in total. The molecule has 0 aliphatic heterocycles. The Kier molecular flexibility index (Phi) is 4.22. The first-order chi connectivity index (χ1) is 7.88. The van der Waals surface area contributed by atoms with Crippen molar-refractivity contribution in [1.29, 1.82) is 5.26 Å². The Balaban J connectivity index is 3.21. The van der Waals surface area contributed by atoms with Gasteiger partial charge in [-0.15, -0.1) is 0 Å². The molecule has 0 aromatic heterocycles. The van der Waals surface area contributed by atoms with E-state index in [0.29, 0.717) is 0 Å². The molecule has 0 spiro atoms. The van der Waals surface area contributed by atoms with Crippen molar-refractivity contribution in [3.8, 4) is 6.07 Å². The predicted octanol–water partition coefficient (Wildman–Crippen LogP) is 0.949. The van der Waals surface area contributed by atoms with E-state index in [1.807, 2.05) is 4.72 Å². The average Bonchev–Trinajstić information content (AvgIpc) is 2.26. The smallest absolute Gasteiger partial charge is 0.336 e. The molecule has 0 bridgehead atoms. The van der Waals surface area contributed by atoms with Crippen molar-refractivity contribution in [2.24, 2.45) is 0 Å². The van der Waals surface area contributed by atoms with E-state index in [2.05, 4.69) is 15.9 Å². The summed E-state index contributed by atoms with van der Waals surface area (Å²) in [5, 5.41) is 17.1. The van der Waals surface area contributed by atoms with Crippen LogP contribution in [0, 0.1) is 11.3 Å². The lowest BCUT2D eigenvalue weighted by molar-refractivity contribution is 0.0695. The van der Waals surface area contributed by atoms with Gasteiger partial charge in [-0.05, 0) is 34.1 Å². The topological polar surface area (TPSA) is 107 Å². The lowest BCUT2D eigenvalue weighted by atomic mass is 10.2. The van der Waals surface area contributed by atoms with E-state index in [0.717, 1.165) is 6.07 Å². The number of nitriles is 1. The van der Waals surface area contributed by atoms with Crippen LogP contribution in [-0.2, 0) is 10.0 Å². The highest BCUT2D eigenvalue weighted by Gasteiger charge is 2.17. The minimum atomic E-state index is -3.85. The van der Waals surface area contributed by atoms with Crippen LogP contribution in [0.5, 0.6) is 0 Å². The summed E-state index contributed by atoms with van der Waals surface area (Å²) < 4.78 is 25.5. The fraction of sp³-hybridized carbons (Fsp3) is 0.111. The minimum absolute atomic E-state index is 0.162. The van der Waals surface area contributed by atoms with Crippen molar-refractivity contribution in [2.45, 2.75) is 4.90 Å². The molecule has 17 heavy (non-hydrogen) atoms. The second-order valence-corrected chi connectivity index (χ2v) is 5.55. The molecule has 0 atom stereocenters. The Morgan fingerprint density at radius 2 is 2.18 bits per heavy atom. The van der Waals surface area contributed by atoms with E-state index >= 15 is 0 Å². The highest BCUT2D eigenvalue weighted by atomic mass is 79.9. The Hall–Kier alpha value is -1.43. The molecule has 0 heterocycles. The minimum Gasteiger partial charge on any atom is -0.478 e. The van der Waals surface area contributed by atoms with Gasteiger partial charge < -0.3 is 5.11 Å². The Labute approximate surface area is 106 Å². The lowest BCUT2D eigenvalue weighted by Crippen LogP contribution is -2.24. The highest BCUT2D eigenvalue weighted by Crippen LogP contribution is 2.20. The number of rotatable bonds is 4. The largest absolute Gasteiger partial charge is 0.478 e. The lowest BCUT2D eigenvalue weighted by Gasteiger charge is -2.05. The summed E-state index contributed by atoms with van der Waals surface area (Å²) in [6.07, 6.45) is 0. The fourth-order valence-corrected chi connectivity index (χ4v) is 2.40. The summed E-state index contributed by atoms with van der Waals surface area (Å²) >= 11 is 3.00. The zero-order valence-corrected chi connectivity index (χ0v) is 10.7. The molecule has 1 aromatic carbocycles. The summed E-state index contributed by atoms with van der Waals surface area (Å²) in [7, 11) is -3.85. The number of benzene rings is 1. The molecule has 90 valence electrons. The van der Waals surface area contributed by atoms with Gasteiger partial charge in [-0.2, -0.15) is 9.98 Å². The summed E-state index contributed by atoms with van der Waals surface area (Å²) in [6.45, 7) is -0.374. The van der Waals surface area contributed by atoms with E-state index < -0.39 is 16.0 Å². The standard InChI is InChI=1S/C9H7BrN2O4S/c10-8-2-1-6(5-7(8)9(13)14)17(15,16)12-4-3-11/h1-2,5,12H,4H2,(H,13,14). The molecular formula is C9H7BrN2O4S. The first-order valence-electron chi connectivity index (χ1n) is 4.28. The third-order valence-electron chi connectivity index (χ3n) is 1.82. The number of hydrogen-bond acceptors (Lipinski definition) is 4. The van der Waals surface area contributed by atoms with Crippen LogP contribution < -0.4 is 4.72 Å². The number of sulfonamides is 1. The molecule has 0 aliphatic rings. The maximum Gasteiger partial charge on any atom is 0.336 e. The summed E-state index contributed by atoms with van der Waals surface area (Å²) in [5.74, 6) is -1.24. The fourth-order valence-electron chi connectivity index (χ4n) is 1.05. The van der Waals surface area contributed by atoms with Crippen LogP contribution in [0.1, 0.15) is 10.4 Å². The molecule has 1 rings (SSSR count). The molecule has 0 amide bonds. The number of nitrogens with one attached hydrogen (secondary N) is 1. The van der Waals surface area contributed by atoms with Crippen molar-refractivity contribution in [1.82, 2.24) is 4.72 Å². The summed E-state index contributed by atoms with van der Waals surface area (Å²) in [5.41, 5.74) is -0.162. The van der Waals surface area contributed by atoms with Crippen LogP contribution >= 0.6 is 15.9 Å². The molecule has 0 saturated carbocycles. The molecular weight excluding hydrogens is 312 g/mol. The molecule has 8 heteroatoms.